The van der Waals surface area contributed by atoms with Crippen LogP contribution in [-0.2, 0) is 6.54 Å². The minimum Gasteiger partial charge on any atom is -0.398 e. The first-order valence-electron chi connectivity index (χ1n) is 5.73. The number of nitrogens with one attached hydrogen (secondary N) is 1. The van der Waals surface area contributed by atoms with Crippen LogP contribution in [-0.4, -0.2) is 4.98 Å². The van der Waals surface area contributed by atoms with Crippen LogP contribution in [0.1, 0.15) is 4.88 Å². The molecule has 1 aromatic carbocycles. The number of rotatable bonds is 3. The standard InChI is InChI=1S/C14H13N3S/c15-12-5-7-18-14(12)9-17-13-3-1-2-10-8-16-6-4-11(10)13/h1-8,17H,9,15H2. The van der Waals surface area contributed by atoms with Crippen molar-refractivity contribution < 1.29 is 0 Å². The lowest BCUT2D eigenvalue weighted by atomic mass is 10.1. The number of benzene rings is 1. The van der Waals surface area contributed by atoms with Crippen molar-refractivity contribution >= 4 is 33.5 Å². The molecule has 0 aliphatic rings. The molecule has 3 nitrogen and oxygen atoms in total. The molecule has 0 unspecified atom stereocenters. The molecule has 0 saturated heterocycles. The van der Waals surface area contributed by atoms with E-state index in [-0.39, 0.29) is 0 Å². The number of fused-ring (bicyclic) bond motifs is 1. The zero-order valence-electron chi connectivity index (χ0n) is 9.76. The lowest BCUT2D eigenvalue weighted by Crippen LogP contribution is -2.00. The minimum absolute atomic E-state index is 0.755. The average molecular weight is 255 g/mol. The molecule has 90 valence electrons. The Kier molecular flexibility index (Phi) is 2.86. The first-order chi connectivity index (χ1) is 8.84. The molecule has 4 heteroatoms. The van der Waals surface area contributed by atoms with Gasteiger partial charge in [-0.15, -0.1) is 11.3 Å². The number of nitrogens with zero attached hydrogens (tertiary/aromatic N) is 1. The first-order valence-corrected chi connectivity index (χ1v) is 6.61. The van der Waals surface area contributed by atoms with Crippen LogP contribution in [0.5, 0.6) is 0 Å². The van der Waals surface area contributed by atoms with Crippen molar-refractivity contribution in [2.75, 3.05) is 11.1 Å². The number of nitrogens with two attached hydrogens (primary N) is 1. The van der Waals surface area contributed by atoms with Gasteiger partial charge in [-0.1, -0.05) is 12.1 Å². The van der Waals surface area contributed by atoms with Crippen LogP contribution in [0, 0.1) is 0 Å². The molecule has 0 saturated carbocycles. The monoisotopic (exact) mass is 255 g/mol. The Bertz CT molecular complexity index is 670. The van der Waals surface area contributed by atoms with Crippen LogP contribution in [0.2, 0.25) is 0 Å². The summed E-state index contributed by atoms with van der Waals surface area (Å²) in [5, 5.41) is 7.77. The normalized spacial score (nSPS) is 10.7. The highest BCUT2D eigenvalue weighted by Crippen LogP contribution is 2.25. The van der Waals surface area contributed by atoms with E-state index in [4.69, 9.17) is 5.73 Å². The molecule has 0 fully saturated rings. The van der Waals surface area contributed by atoms with E-state index >= 15 is 0 Å². The Hall–Kier alpha value is -2.07. The number of nitrogen functional groups attached to an aromatic ring is 1. The summed E-state index contributed by atoms with van der Waals surface area (Å²) < 4.78 is 0. The van der Waals surface area contributed by atoms with Crippen molar-refractivity contribution in [2.24, 2.45) is 0 Å². The Morgan fingerprint density at radius 2 is 2.17 bits per heavy atom. The van der Waals surface area contributed by atoms with Crippen molar-refractivity contribution in [3.63, 3.8) is 0 Å². The summed E-state index contributed by atoms with van der Waals surface area (Å²) in [5.74, 6) is 0. The zero-order chi connectivity index (χ0) is 12.4. The Morgan fingerprint density at radius 1 is 1.22 bits per heavy atom. The second-order valence-corrected chi connectivity index (χ2v) is 5.06. The maximum atomic E-state index is 5.88. The van der Waals surface area contributed by atoms with E-state index in [2.05, 4.69) is 22.4 Å². The summed E-state index contributed by atoms with van der Waals surface area (Å²) in [6.07, 6.45) is 3.69. The van der Waals surface area contributed by atoms with Crippen molar-refractivity contribution in [1.82, 2.24) is 4.98 Å². The Morgan fingerprint density at radius 3 is 3.00 bits per heavy atom. The second kappa shape index (κ2) is 4.66. The van der Waals surface area contributed by atoms with Crippen LogP contribution in [0.15, 0.2) is 48.1 Å². The summed E-state index contributed by atoms with van der Waals surface area (Å²) in [6.45, 7) is 0.755. The summed E-state index contributed by atoms with van der Waals surface area (Å²) >= 11 is 1.67. The molecule has 0 radical (unpaired) electrons. The van der Waals surface area contributed by atoms with Gasteiger partial charge in [-0.05, 0) is 23.6 Å². The number of pyridine rings is 1. The highest BCUT2D eigenvalue weighted by Gasteiger charge is 2.03. The van der Waals surface area contributed by atoms with Crippen LogP contribution < -0.4 is 11.1 Å². The van der Waals surface area contributed by atoms with Gasteiger partial charge in [0.1, 0.15) is 0 Å². The van der Waals surface area contributed by atoms with Gasteiger partial charge in [0.2, 0.25) is 0 Å². The van der Waals surface area contributed by atoms with Crippen molar-refractivity contribution in [3.05, 3.63) is 53.0 Å². The molecule has 2 aromatic heterocycles. The largest absolute Gasteiger partial charge is 0.398 e. The SMILES string of the molecule is Nc1ccsc1CNc1cccc2cnccc12. The van der Waals surface area contributed by atoms with Crippen molar-refractivity contribution in [3.8, 4) is 0 Å². The number of hydrogen-bond acceptors (Lipinski definition) is 4. The third-order valence-corrected chi connectivity index (χ3v) is 3.84. The lowest BCUT2D eigenvalue weighted by molar-refractivity contribution is 1.20. The predicted octanol–water partition coefficient (Wildman–Crippen LogP) is 3.49. The summed E-state index contributed by atoms with van der Waals surface area (Å²) in [4.78, 5) is 5.30. The number of thiophene rings is 1. The molecule has 0 spiro atoms. The van der Waals surface area contributed by atoms with Gasteiger partial charge in [0.05, 0.1) is 6.54 Å². The molecule has 3 N–H and O–H groups in total. The van der Waals surface area contributed by atoms with Gasteiger partial charge >= 0.3 is 0 Å². The van der Waals surface area contributed by atoms with Crippen LogP contribution in [0.25, 0.3) is 10.8 Å². The zero-order valence-corrected chi connectivity index (χ0v) is 10.6. The maximum Gasteiger partial charge on any atom is 0.0515 e. The number of anilines is 2. The van der Waals surface area contributed by atoms with E-state index < -0.39 is 0 Å². The van der Waals surface area contributed by atoms with E-state index in [0.717, 1.165) is 23.3 Å². The third-order valence-electron chi connectivity index (χ3n) is 2.90. The minimum atomic E-state index is 0.755. The van der Waals surface area contributed by atoms with Gasteiger partial charge in [-0.2, -0.15) is 0 Å². The number of aromatic nitrogens is 1. The fourth-order valence-corrected chi connectivity index (χ4v) is 2.68. The molecule has 0 atom stereocenters. The van der Waals surface area contributed by atoms with E-state index in [0.29, 0.717) is 0 Å². The maximum absolute atomic E-state index is 5.88. The quantitative estimate of drug-likeness (QED) is 0.753. The fourth-order valence-electron chi connectivity index (χ4n) is 1.95. The highest BCUT2D eigenvalue weighted by atomic mass is 32.1. The smallest absolute Gasteiger partial charge is 0.0515 e. The number of hydrogen-bond donors (Lipinski definition) is 2. The van der Waals surface area contributed by atoms with Gasteiger partial charge in [0, 0.05) is 39.4 Å². The van der Waals surface area contributed by atoms with E-state index in [9.17, 15) is 0 Å². The molecule has 0 bridgehead atoms. The average Bonchev–Trinajstić information content (AvgIpc) is 2.82. The van der Waals surface area contributed by atoms with E-state index in [1.54, 1.807) is 11.3 Å². The molecule has 0 aliphatic carbocycles. The second-order valence-electron chi connectivity index (χ2n) is 4.06. The van der Waals surface area contributed by atoms with Crippen molar-refractivity contribution in [1.29, 1.82) is 0 Å². The topological polar surface area (TPSA) is 50.9 Å². The van der Waals surface area contributed by atoms with E-state index in [1.165, 1.54) is 10.3 Å². The molecule has 18 heavy (non-hydrogen) atoms. The Balaban J connectivity index is 1.89. The predicted molar refractivity (Wildman–Crippen MR) is 77.8 cm³/mol. The molecule has 0 amide bonds. The summed E-state index contributed by atoms with van der Waals surface area (Å²) in [6, 6.07) is 10.1. The van der Waals surface area contributed by atoms with Gasteiger partial charge in [-0.3, -0.25) is 4.98 Å². The molecular formula is C14H13N3S. The summed E-state index contributed by atoms with van der Waals surface area (Å²) in [5.41, 5.74) is 7.85. The van der Waals surface area contributed by atoms with Crippen molar-refractivity contribution in [2.45, 2.75) is 6.54 Å². The molecular weight excluding hydrogens is 242 g/mol. The molecule has 0 aliphatic heterocycles. The molecule has 2 heterocycles. The first kappa shape index (κ1) is 11.0. The highest BCUT2D eigenvalue weighted by molar-refractivity contribution is 7.10. The molecule has 3 aromatic rings. The lowest BCUT2D eigenvalue weighted by Gasteiger charge is -2.09. The Labute approximate surface area is 109 Å². The fraction of sp³-hybridized carbons (Fsp3) is 0.0714. The van der Waals surface area contributed by atoms with Gasteiger partial charge in [-0.25, -0.2) is 0 Å². The molecule has 3 rings (SSSR count). The third kappa shape index (κ3) is 2.02. The van der Waals surface area contributed by atoms with Gasteiger partial charge < -0.3 is 11.1 Å². The summed E-state index contributed by atoms with van der Waals surface area (Å²) in [7, 11) is 0. The van der Waals surface area contributed by atoms with Crippen LogP contribution in [0.4, 0.5) is 11.4 Å². The van der Waals surface area contributed by atoms with Crippen LogP contribution >= 0.6 is 11.3 Å². The van der Waals surface area contributed by atoms with E-state index in [1.807, 2.05) is 36.0 Å². The van der Waals surface area contributed by atoms with Gasteiger partial charge in [0.15, 0.2) is 0 Å². The van der Waals surface area contributed by atoms with Gasteiger partial charge in [0.25, 0.3) is 0 Å². The van der Waals surface area contributed by atoms with Crippen LogP contribution in [0.3, 0.4) is 0 Å².